The topological polar surface area (TPSA) is 0 Å². The van der Waals surface area contributed by atoms with E-state index in [1.165, 1.54) is 35.7 Å². The van der Waals surface area contributed by atoms with Gasteiger partial charge in [0.25, 0.3) is 0 Å². The summed E-state index contributed by atoms with van der Waals surface area (Å²) >= 11 is 1.94. The van der Waals surface area contributed by atoms with Gasteiger partial charge in [0.05, 0.1) is 0 Å². The fraction of sp³-hybridized carbons (Fsp3) is 0.0400. The van der Waals surface area contributed by atoms with E-state index < -0.39 is 8.07 Å². The molecule has 0 fully saturated rings. The lowest BCUT2D eigenvalue weighted by atomic mass is 10.1. The minimum absolute atomic E-state index is 1.37. The molecule has 0 aliphatic carbocycles. The van der Waals surface area contributed by atoms with Crippen molar-refractivity contribution in [3.63, 3.8) is 0 Å². The first-order chi connectivity index (χ1) is 13.3. The van der Waals surface area contributed by atoms with Crippen LogP contribution in [0.4, 0.5) is 0 Å². The highest BCUT2D eigenvalue weighted by molar-refractivity contribution is 7.29. The van der Waals surface area contributed by atoms with Crippen LogP contribution < -0.4 is 15.6 Å². The van der Waals surface area contributed by atoms with Crippen LogP contribution in [0.3, 0.4) is 0 Å². The Kier molecular flexibility index (Phi) is 3.96. The van der Waals surface area contributed by atoms with Crippen molar-refractivity contribution < 1.29 is 0 Å². The van der Waals surface area contributed by atoms with Crippen molar-refractivity contribution in [2.45, 2.75) is 6.55 Å². The molecule has 0 bridgehead atoms. The van der Waals surface area contributed by atoms with Crippen LogP contribution in [0.25, 0.3) is 20.2 Å². The maximum absolute atomic E-state index is 2.50. The summed E-state index contributed by atoms with van der Waals surface area (Å²) in [5, 5.41) is 7.19. The highest BCUT2D eigenvalue weighted by atomic mass is 32.1. The first-order valence-corrected chi connectivity index (χ1v) is 12.6. The van der Waals surface area contributed by atoms with Gasteiger partial charge in [0.15, 0.2) is 0 Å². The van der Waals surface area contributed by atoms with Crippen LogP contribution in [0, 0.1) is 0 Å². The first-order valence-electron chi connectivity index (χ1n) is 9.30. The fourth-order valence-corrected chi connectivity index (χ4v) is 9.74. The van der Waals surface area contributed by atoms with E-state index in [0.717, 1.165) is 0 Å². The van der Waals surface area contributed by atoms with Gasteiger partial charge in [0, 0.05) is 20.2 Å². The van der Waals surface area contributed by atoms with Gasteiger partial charge in [0.1, 0.15) is 8.07 Å². The predicted molar refractivity (Wildman–Crippen MR) is 123 cm³/mol. The summed E-state index contributed by atoms with van der Waals surface area (Å²) in [4.78, 5) is 0. The van der Waals surface area contributed by atoms with Crippen molar-refractivity contribution in [1.29, 1.82) is 0 Å². The summed E-state index contributed by atoms with van der Waals surface area (Å²) in [5.74, 6) is 0. The highest BCUT2D eigenvalue weighted by Gasteiger charge is 2.35. The van der Waals surface area contributed by atoms with Crippen LogP contribution >= 0.6 is 11.3 Å². The van der Waals surface area contributed by atoms with Crippen molar-refractivity contribution >= 4 is 55.1 Å². The molecule has 0 unspecified atom stereocenters. The van der Waals surface area contributed by atoms with Crippen molar-refractivity contribution in [1.82, 2.24) is 0 Å². The Labute approximate surface area is 164 Å². The van der Waals surface area contributed by atoms with Gasteiger partial charge in [-0.25, -0.2) is 0 Å². The smallest absolute Gasteiger partial charge is 0.135 e. The Balaban J connectivity index is 1.89. The second-order valence-corrected chi connectivity index (χ2v) is 12.1. The molecule has 0 nitrogen and oxygen atoms in total. The van der Waals surface area contributed by atoms with Crippen LogP contribution in [0.2, 0.25) is 6.55 Å². The molecule has 4 aromatic carbocycles. The first kappa shape index (κ1) is 16.5. The lowest BCUT2D eigenvalue weighted by Crippen LogP contribution is -2.64. The van der Waals surface area contributed by atoms with Gasteiger partial charge in [-0.2, -0.15) is 0 Å². The van der Waals surface area contributed by atoms with Crippen molar-refractivity contribution in [3.05, 3.63) is 103 Å². The molecule has 0 saturated carbocycles. The van der Waals surface area contributed by atoms with Crippen molar-refractivity contribution in [2.24, 2.45) is 0 Å². The third-order valence-corrected chi connectivity index (χ3v) is 11.5. The van der Waals surface area contributed by atoms with E-state index in [1.807, 2.05) is 11.3 Å². The number of hydrogen-bond donors (Lipinski definition) is 0. The molecule has 0 radical (unpaired) electrons. The zero-order chi connectivity index (χ0) is 18.3. The van der Waals surface area contributed by atoms with E-state index in [2.05, 4.69) is 110 Å². The molecule has 27 heavy (non-hydrogen) atoms. The summed E-state index contributed by atoms with van der Waals surface area (Å²) in [6.07, 6.45) is 0. The minimum atomic E-state index is -2.09. The van der Waals surface area contributed by atoms with Gasteiger partial charge in [0.2, 0.25) is 0 Å². The maximum atomic E-state index is 2.50. The molecule has 0 aliphatic rings. The molecule has 5 rings (SSSR count). The SMILES string of the molecule is C[Si](c1ccccc1)(c1ccccc1)c1cccc2c1sc1ccccc12. The molecule has 5 aromatic rings. The Morgan fingerprint density at radius 3 is 1.78 bits per heavy atom. The second-order valence-electron chi connectivity index (χ2n) is 7.14. The molecular formula is C25H20SSi. The average molecular weight is 381 g/mol. The average Bonchev–Trinajstić information content (AvgIpc) is 3.13. The van der Waals surface area contributed by atoms with Crippen LogP contribution in [0.5, 0.6) is 0 Å². The predicted octanol–water partition coefficient (Wildman–Crippen LogP) is 5.15. The van der Waals surface area contributed by atoms with Gasteiger partial charge in [-0.1, -0.05) is 104 Å². The number of fused-ring (bicyclic) bond motifs is 3. The van der Waals surface area contributed by atoms with E-state index in [1.54, 1.807) is 0 Å². The molecule has 0 amide bonds. The van der Waals surface area contributed by atoms with Gasteiger partial charge < -0.3 is 0 Å². The monoisotopic (exact) mass is 380 g/mol. The van der Waals surface area contributed by atoms with Gasteiger partial charge in [-0.3, -0.25) is 0 Å². The van der Waals surface area contributed by atoms with E-state index in [9.17, 15) is 0 Å². The molecule has 0 saturated heterocycles. The molecule has 2 heteroatoms. The molecule has 1 heterocycles. The molecule has 0 atom stereocenters. The maximum Gasteiger partial charge on any atom is 0.147 e. The molecule has 1 aromatic heterocycles. The second kappa shape index (κ2) is 6.49. The molecule has 0 spiro atoms. The van der Waals surface area contributed by atoms with Crippen molar-refractivity contribution in [3.8, 4) is 0 Å². The third kappa shape index (κ3) is 2.56. The third-order valence-electron chi connectivity index (χ3n) is 5.65. The highest BCUT2D eigenvalue weighted by Crippen LogP contribution is 2.33. The largest absolute Gasteiger partial charge is 0.147 e. The van der Waals surface area contributed by atoms with E-state index >= 15 is 0 Å². The summed E-state index contributed by atoms with van der Waals surface area (Å²) in [6.45, 7) is 2.50. The zero-order valence-corrected chi connectivity index (χ0v) is 17.0. The Hall–Kier alpha value is -2.68. The number of rotatable bonds is 3. The standard InChI is InChI=1S/C25H20SSi/c1-27(19-11-4-2-5-12-19,20-13-6-3-7-14-20)24-18-10-16-22-21-15-8-9-17-23(21)26-25(22)24/h2-18H,1H3. The van der Waals surface area contributed by atoms with E-state index in [0.29, 0.717) is 0 Å². The Morgan fingerprint density at radius 2 is 1.11 bits per heavy atom. The number of thiophene rings is 1. The normalized spacial score (nSPS) is 11.9. The van der Waals surface area contributed by atoms with E-state index in [-0.39, 0.29) is 0 Å². The summed E-state index contributed by atoms with van der Waals surface area (Å²) in [5.41, 5.74) is 0. The Morgan fingerprint density at radius 1 is 0.556 bits per heavy atom. The fourth-order valence-electron chi connectivity index (χ4n) is 4.16. The molecule has 0 aliphatic heterocycles. The minimum Gasteiger partial charge on any atom is -0.135 e. The lowest BCUT2D eigenvalue weighted by molar-refractivity contribution is 1.69. The van der Waals surface area contributed by atoms with Gasteiger partial charge in [-0.05, 0) is 21.6 Å². The van der Waals surface area contributed by atoms with Crippen LogP contribution in [0.15, 0.2) is 103 Å². The van der Waals surface area contributed by atoms with Crippen LogP contribution in [0.1, 0.15) is 0 Å². The molecule has 130 valence electrons. The zero-order valence-electron chi connectivity index (χ0n) is 15.2. The van der Waals surface area contributed by atoms with Crippen molar-refractivity contribution in [2.75, 3.05) is 0 Å². The van der Waals surface area contributed by atoms with E-state index in [4.69, 9.17) is 0 Å². The van der Waals surface area contributed by atoms with Crippen LogP contribution in [-0.4, -0.2) is 8.07 Å². The molecular weight excluding hydrogens is 360 g/mol. The summed E-state index contributed by atoms with van der Waals surface area (Å²) < 4.78 is 2.82. The van der Waals surface area contributed by atoms with Crippen LogP contribution in [-0.2, 0) is 0 Å². The Bertz CT molecular complexity index is 1180. The molecule has 0 N–H and O–H groups in total. The summed E-state index contributed by atoms with van der Waals surface area (Å²) in [6, 6.07) is 37.8. The number of hydrogen-bond acceptors (Lipinski definition) is 1. The number of benzene rings is 4. The lowest BCUT2D eigenvalue weighted by Gasteiger charge is -2.30. The van der Waals surface area contributed by atoms with Gasteiger partial charge in [-0.15, -0.1) is 11.3 Å². The van der Waals surface area contributed by atoms with Gasteiger partial charge >= 0.3 is 0 Å². The summed E-state index contributed by atoms with van der Waals surface area (Å²) in [7, 11) is -2.09. The quantitative estimate of drug-likeness (QED) is 0.300.